The summed E-state index contributed by atoms with van der Waals surface area (Å²) in [4.78, 5) is 0. The fourth-order valence-electron chi connectivity index (χ4n) is 6.41. The van der Waals surface area contributed by atoms with Gasteiger partial charge in [0.15, 0.2) is 0 Å². The van der Waals surface area contributed by atoms with Crippen LogP contribution >= 0.6 is 19.2 Å². The van der Waals surface area contributed by atoms with Crippen molar-refractivity contribution in [3.8, 4) is 22.3 Å². The zero-order valence-electron chi connectivity index (χ0n) is 29.0. The van der Waals surface area contributed by atoms with E-state index in [4.69, 9.17) is 0 Å². The van der Waals surface area contributed by atoms with Gasteiger partial charge in [0.25, 0.3) is 0 Å². The maximum Gasteiger partial charge on any atom is 0.0411 e. The largest absolute Gasteiger partial charge is 0.236 e. The number of hydrogen-bond donors (Lipinski definition) is 1. The van der Waals surface area contributed by atoms with Gasteiger partial charge in [-0.3, -0.25) is 0 Å². The number of rotatable bonds is 5. The molecule has 0 atom stereocenters. The van der Waals surface area contributed by atoms with Gasteiger partial charge in [-0.05, 0) is 164 Å². The molecule has 0 heterocycles. The molecule has 0 aromatic heterocycles. The summed E-state index contributed by atoms with van der Waals surface area (Å²) in [7, 11) is -3.17. The Hall–Kier alpha value is -3.04. The molecule has 0 aliphatic heterocycles. The lowest BCUT2D eigenvalue weighted by Crippen LogP contribution is -2.22. The molecular formula is C42H52S2. The van der Waals surface area contributed by atoms with E-state index in [9.17, 15) is 0 Å². The Balaban J connectivity index is 2.11. The van der Waals surface area contributed by atoms with Crippen LogP contribution in [-0.4, -0.2) is 41.3 Å². The standard InChI is InChI=1S/C42H52S2/c1-12-43(10,13-2)23-21-33-39-25-35-29(6)17-19-31(8)37(35)27-41(39)34(22-24-44(11,14-3,15-4)16-5)42-28-38-32(9)20-18-30(7)36(38)26-40(33)42/h17-20,25-28,44H,12-16H2,1-11H3. The fourth-order valence-corrected chi connectivity index (χ4v) is 9.73. The molecule has 0 nitrogen and oxygen atoms in total. The predicted molar refractivity (Wildman–Crippen MR) is 210 cm³/mol. The van der Waals surface area contributed by atoms with E-state index in [2.05, 4.69) is 146 Å². The molecule has 5 rings (SSSR count). The summed E-state index contributed by atoms with van der Waals surface area (Å²) in [6.45, 7) is 20.6. The van der Waals surface area contributed by atoms with Gasteiger partial charge in [-0.15, -0.1) is 0 Å². The van der Waals surface area contributed by atoms with Crippen LogP contribution in [0.3, 0.4) is 0 Å². The lowest BCUT2D eigenvalue weighted by atomic mass is 9.86. The van der Waals surface area contributed by atoms with Crippen molar-refractivity contribution >= 4 is 62.3 Å². The second-order valence-electron chi connectivity index (χ2n) is 13.6. The summed E-state index contributed by atoms with van der Waals surface area (Å²) in [6, 6.07) is 18.8. The molecule has 0 saturated carbocycles. The number of fused-ring (bicyclic) bond motifs is 4. The molecule has 0 amide bonds. The molecule has 0 unspecified atom stereocenters. The van der Waals surface area contributed by atoms with Gasteiger partial charge in [-0.25, -0.2) is 9.16 Å². The molecule has 0 fully saturated rings. The van der Waals surface area contributed by atoms with Crippen molar-refractivity contribution in [2.45, 2.75) is 62.3 Å². The fraction of sp³-hybridized carbons (Fsp3) is 0.381. The molecular weight excluding hydrogens is 569 g/mol. The summed E-state index contributed by atoms with van der Waals surface area (Å²) in [5.41, 5.74) is 7.58. The van der Waals surface area contributed by atoms with Gasteiger partial charge < -0.3 is 0 Å². The van der Waals surface area contributed by atoms with Gasteiger partial charge in [0.05, 0.1) is 0 Å². The van der Waals surface area contributed by atoms with E-state index in [1.54, 1.807) is 0 Å². The van der Waals surface area contributed by atoms with Gasteiger partial charge in [0, 0.05) is 11.1 Å². The number of aryl methyl sites for hydroxylation is 4. The van der Waals surface area contributed by atoms with E-state index in [1.807, 2.05) is 0 Å². The van der Waals surface area contributed by atoms with Gasteiger partial charge >= 0.3 is 0 Å². The molecule has 5 aromatic rings. The minimum atomic E-state index is -2.16. The Morgan fingerprint density at radius 1 is 0.523 bits per heavy atom. The highest BCUT2D eigenvalue weighted by Gasteiger charge is 2.28. The second-order valence-corrected chi connectivity index (χ2v) is 24.3. The lowest BCUT2D eigenvalue weighted by molar-refractivity contribution is 1.32. The SMILES string of the molecule is CCS(C)(C#Cc1c2cc3c(C)ccc(C)c3cc2c(C#C[SH](C)(CC)(CC)CC)c2cc3c(C)ccc(C)c3cc12)CC. The van der Waals surface area contributed by atoms with Crippen LogP contribution in [0.5, 0.6) is 0 Å². The van der Waals surface area contributed by atoms with Crippen molar-refractivity contribution < 1.29 is 0 Å². The zero-order valence-corrected chi connectivity index (χ0v) is 30.7. The first kappa shape index (κ1) is 32.4. The third kappa shape index (κ3) is 5.40. The molecule has 5 aromatic carbocycles. The third-order valence-corrected chi connectivity index (χ3v) is 20.7. The van der Waals surface area contributed by atoms with Crippen LogP contribution in [0.15, 0.2) is 48.5 Å². The van der Waals surface area contributed by atoms with E-state index in [-0.39, 0.29) is 0 Å². The zero-order chi connectivity index (χ0) is 32.1. The van der Waals surface area contributed by atoms with E-state index in [1.165, 1.54) is 76.5 Å². The maximum atomic E-state index is 4.05. The molecule has 0 saturated heterocycles. The highest BCUT2D eigenvalue weighted by molar-refractivity contribution is 8.52. The molecule has 2 heteroatoms. The second kappa shape index (κ2) is 11.7. The number of hydrogen-bond acceptors (Lipinski definition) is 0. The predicted octanol–water partition coefficient (Wildman–Crippen LogP) is 11.4. The summed E-state index contributed by atoms with van der Waals surface area (Å²) < 4.78 is 0. The first-order valence-corrected chi connectivity index (χ1v) is 22.1. The highest BCUT2D eigenvalue weighted by atomic mass is 32.3. The molecule has 0 bridgehead atoms. The molecule has 0 spiro atoms. The minimum absolute atomic E-state index is 1.01. The van der Waals surface area contributed by atoms with Crippen LogP contribution in [0.4, 0.5) is 0 Å². The van der Waals surface area contributed by atoms with Crippen molar-refractivity contribution in [1.82, 2.24) is 0 Å². The summed E-state index contributed by atoms with van der Waals surface area (Å²) in [5.74, 6) is 13.5. The van der Waals surface area contributed by atoms with Crippen LogP contribution in [0.1, 0.15) is 68.0 Å². The van der Waals surface area contributed by atoms with Gasteiger partial charge in [-0.2, -0.15) is 10.0 Å². The van der Waals surface area contributed by atoms with Crippen molar-refractivity contribution in [2.75, 3.05) is 41.3 Å². The topological polar surface area (TPSA) is 0 Å². The average molecular weight is 621 g/mol. The lowest BCUT2D eigenvalue weighted by Gasteiger charge is -2.52. The summed E-state index contributed by atoms with van der Waals surface area (Å²) in [6.07, 6.45) is 4.90. The molecule has 44 heavy (non-hydrogen) atoms. The van der Waals surface area contributed by atoms with Gasteiger partial charge in [0.2, 0.25) is 0 Å². The molecule has 0 aliphatic carbocycles. The van der Waals surface area contributed by atoms with Crippen molar-refractivity contribution in [3.63, 3.8) is 0 Å². The van der Waals surface area contributed by atoms with Crippen molar-refractivity contribution in [1.29, 1.82) is 0 Å². The van der Waals surface area contributed by atoms with E-state index in [0.717, 1.165) is 28.8 Å². The van der Waals surface area contributed by atoms with E-state index in [0.29, 0.717) is 0 Å². The Kier molecular flexibility index (Phi) is 8.61. The summed E-state index contributed by atoms with van der Waals surface area (Å²) in [5, 5.41) is 18.2. The van der Waals surface area contributed by atoms with Crippen LogP contribution in [0.25, 0.3) is 43.1 Å². The van der Waals surface area contributed by atoms with Gasteiger partial charge in [-0.1, -0.05) is 76.0 Å². The quantitative estimate of drug-likeness (QED) is 0.113. The molecule has 0 radical (unpaired) electrons. The Labute approximate surface area is 269 Å². The molecule has 232 valence electrons. The molecule has 0 aliphatic rings. The van der Waals surface area contributed by atoms with Crippen LogP contribution in [-0.2, 0) is 0 Å². The summed E-state index contributed by atoms with van der Waals surface area (Å²) >= 11 is 0. The number of benzene rings is 5. The molecule has 0 N–H and O–H groups in total. The first-order chi connectivity index (χ1) is 20.8. The van der Waals surface area contributed by atoms with Crippen LogP contribution in [0.2, 0.25) is 0 Å². The average Bonchev–Trinajstić information content (AvgIpc) is 3.05. The number of thiol groups is 1. The normalized spacial score (nSPS) is 13.4. The third-order valence-electron chi connectivity index (χ3n) is 11.3. The van der Waals surface area contributed by atoms with Gasteiger partial charge in [0.1, 0.15) is 0 Å². The minimum Gasteiger partial charge on any atom is -0.236 e. The van der Waals surface area contributed by atoms with E-state index >= 15 is 0 Å². The van der Waals surface area contributed by atoms with Crippen molar-refractivity contribution in [3.05, 3.63) is 81.9 Å². The van der Waals surface area contributed by atoms with Crippen molar-refractivity contribution in [2.24, 2.45) is 0 Å². The monoisotopic (exact) mass is 620 g/mol. The van der Waals surface area contributed by atoms with Crippen LogP contribution < -0.4 is 0 Å². The Morgan fingerprint density at radius 2 is 0.841 bits per heavy atom. The Bertz CT molecular complexity index is 1960. The van der Waals surface area contributed by atoms with Crippen LogP contribution in [0, 0.1) is 50.0 Å². The Morgan fingerprint density at radius 3 is 1.14 bits per heavy atom. The van der Waals surface area contributed by atoms with E-state index < -0.39 is 19.2 Å². The maximum absolute atomic E-state index is 4.05. The first-order valence-electron chi connectivity index (χ1n) is 16.5. The smallest absolute Gasteiger partial charge is 0.0411 e. The highest BCUT2D eigenvalue weighted by Crippen LogP contribution is 2.64.